The predicted molar refractivity (Wildman–Crippen MR) is 122 cm³/mol. The van der Waals surface area contributed by atoms with E-state index in [4.69, 9.17) is 23.2 Å². The Balaban J connectivity index is 1.47. The lowest BCUT2D eigenvalue weighted by Gasteiger charge is -2.37. The maximum atomic E-state index is 13.1. The van der Waals surface area contributed by atoms with Gasteiger partial charge in [-0.2, -0.15) is 5.10 Å². The van der Waals surface area contributed by atoms with Crippen molar-refractivity contribution in [3.63, 3.8) is 0 Å². The molecule has 2 aromatic heterocycles. The quantitative estimate of drug-likeness (QED) is 0.583. The number of aromatic nitrogens is 2. The van der Waals surface area contributed by atoms with Gasteiger partial charge in [0.2, 0.25) is 5.91 Å². The lowest BCUT2D eigenvalue weighted by Crippen LogP contribution is -2.51. The highest BCUT2D eigenvalue weighted by Crippen LogP contribution is 2.33. The summed E-state index contributed by atoms with van der Waals surface area (Å²) in [7, 11) is 0. The second-order valence-electron chi connectivity index (χ2n) is 7.04. The van der Waals surface area contributed by atoms with Crippen molar-refractivity contribution in [2.75, 3.05) is 31.1 Å². The first-order chi connectivity index (χ1) is 14.5. The van der Waals surface area contributed by atoms with Crippen molar-refractivity contribution in [3.05, 3.63) is 68.2 Å². The van der Waals surface area contributed by atoms with E-state index in [0.717, 1.165) is 10.6 Å². The highest BCUT2D eigenvalue weighted by Gasteiger charge is 2.28. The molecule has 1 aromatic carbocycles. The van der Waals surface area contributed by atoms with Crippen LogP contribution in [0.1, 0.15) is 13.0 Å². The van der Waals surface area contributed by atoms with Crippen LogP contribution in [-0.4, -0.2) is 46.8 Å². The molecule has 156 valence electrons. The molecule has 3 heterocycles. The monoisotopic (exact) mass is 462 g/mol. The van der Waals surface area contributed by atoms with Gasteiger partial charge < -0.3 is 9.80 Å². The van der Waals surface area contributed by atoms with Crippen molar-refractivity contribution in [3.8, 4) is 10.6 Å². The third-order valence-electron chi connectivity index (χ3n) is 5.19. The number of thiophene rings is 1. The summed E-state index contributed by atoms with van der Waals surface area (Å²) in [5.74, 6) is -0.121. The van der Waals surface area contributed by atoms with Crippen LogP contribution in [0.15, 0.2) is 52.6 Å². The van der Waals surface area contributed by atoms with Gasteiger partial charge in [0.05, 0.1) is 20.6 Å². The molecule has 0 spiro atoms. The SMILES string of the molecule is CC(C(=O)N1CCN(c2cccc(Cl)c2Cl)CC1)n1nc(-c2cccs2)ccc1=O. The second kappa shape index (κ2) is 8.79. The van der Waals surface area contributed by atoms with Crippen molar-refractivity contribution in [2.24, 2.45) is 0 Å². The van der Waals surface area contributed by atoms with E-state index >= 15 is 0 Å². The minimum absolute atomic E-state index is 0.121. The predicted octanol–water partition coefficient (Wildman–Crippen LogP) is 4.19. The van der Waals surface area contributed by atoms with E-state index in [1.807, 2.05) is 29.6 Å². The third kappa shape index (κ3) is 4.10. The molecule has 1 aliphatic heterocycles. The van der Waals surface area contributed by atoms with Gasteiger partial charge in [0.15, 0.2) is 0 Å². The van der Waals surface area contributed by atoms with Crippen molar-refractivity contribution < 1.29 is 4.79 Å². The summed E-state index contributed by atoms with van der Waals surface area (Å²) >= 11 is 14.0. The standard InChI is InChI=1S/C21H20Cl2N4O2S/c1-14(27-19(28)8-7-16(24-27)18-6-3-13-30-18)21(29)26-11-9-25(10-12-26)17-5-2-4-15(22)20(17)23/h2-8,13-14H,9-12H2,1H3. The molecular formula is C21H20Cl2N4O2S. The minimum atomic E-state index is -0.682. The van der Waals surface area contributed by atoms with Crippen molar-refractivity contribution in [1.82, 2.24) is 14.7 Å². The van der Waals surface area contributed by atoms with Gasteiger partial charge in [-0.1, -0.05) is 35.3 Å². The Morgan fingerprint density at radius 3 is 2.53 bits per heavy atom. The first kappa shape index (κ1) is 20.9. The van der Waals surface area contributed by atoms with Crippen molar-refractivity contribution >= 4 is 46.1 Å². The smallest absolute Gasteiger partial charge is 0.267 e. The topological polar surface area (TPSA) is 58.4 Å². The van der Waals surface area contributed by atoms with Gasteiger partial charge in [-0.3, -0.25) is 9.59 Å². The van der Waals surface area contributed by atoms with E-state index in [0.29, 0.717) is 41.9 Å². The van der Waals surface area contributed by atoms with Gasteiger partial charge in [0.25, 0.3) is 5.56 Å². The van der Waals surface area contributed by atoms with Crippen LogP contribution in [0.5, 0.6) is 0 Å². The minimum Gasteiger partial charge on any atom is -0.367 e. The number of piperazine rings is 1. The average molecular weight is 463 g/mol. The molecule has 0 N–H and O–H groups in total. The van der Waals surface area contributed by atoms with Crippen LogP contribution in [0.2, 0.25) is 10.0 Å². The molecular weight excluding hydrogens is 443 g/mol. The zero-order valence-corrected chi connectivity index (χ0v) is 18.6. The molecule has 3 aromatic rings. The molecule has 1 saturated heterocycles. The van der Waals surface area contributed by atoms with Gasteiger partial charge >= 0.3 is 0 Å². The molecule has 1 amide bonds. The molecule has 1 fully saturated rings. The van der Waals surface area contributed by atoms with Crippen LogP contribution in [0.4, 0.5) is 5.69 Å². The average Bonchev–Trinajstić information content (AvgIpc) is 3.30. The molecule has 1 unspecified atom stereocenters. The van der Waals surface area contributed by atoms with Crippen LogP contribution in [-0.2, 0) is 4.79 Å². The normalized spacial score (nSPS) is 15.3. The lowest BCUT2D eigenvalue weighted by atomic mass is 10.2. The summed E-state index contributed by atoms with van der Waals surface area (Å²) in [6.07, 6.45) is 0. The number of nitrogens with zero attached hydrogens (tertiary/aromatic N) is 4. The third-order valence-corrected chi connectivity index (χ3v) is 6.89. The fourth-order valence-corrected chi connectivity index (χ4v) is 4.64. The Kier molecular flexibility index (Phi) is 6.13. The van der Waals surface area contributed by atoms with Gasteiger partial charge in [-0.15, -0.1) is 11.3 Å². The Bertz CT molecular complexity index is 1110. The highest BCUT2D eigenvalue weighted by molar-refractivity contribution is 7.13. The molecule has 0 aliphatic carbocycles. The maximum Gasteiger partial charge on any atom is 0.267 e. The van der Waals surface area contributed by atoms with Crippen LogP contribution in [0, 0.1) is 0 Å². The van der Waals surface area contributed by atoms with Crippen LogP contribution < -0.4 is 10.5 Å². The molecule has 30 heavy (non-hydrogen) atoms. The number of carbonyl (C=O) groups excluding carboxylic acids is 1. The van der Waals surface area contributed by atoms with Crippen LogP contribution in [0.25, 0.3) is 10.6 Å². The number of halogens is 2. The van der Waals surface area contributed by atoms with E-state index < -0.39 is 6.04 Å². The van der Waals surface area contributed by atoms with E-state index in [1.54, 1.807) is 35.3 Å². The Hall–Kier alpha value is -2.35. The first-order valence-electron chi connectivity index (χ1n) is 9.57. The highest BCUT2D eigenvalue weighted by atomic mass is 35.5. The largest absolute Gasteiger partial charge is 0.367 e. The van der Waals surface area contributed by atoms with Crippen molar-refractivity contribution in [2.45, 2.75) is 13.0 Å². The Morgan fingerprint density at radius 2 is 1.83 bits per heavy atom. The zero-order valence-electron chi connectivity index (χ0n) is 16.3. The molecule has 9 heteroatoms. The summed E-state index contributed by atoms with van der Waals surface area (Å²) in [5.41, 5.74) is 1.26. The summed E-state index contributed by atoms with van der Waals surface area (Å²) in [5, 5.41) is 7.42. The second-order valence-corrected chi connectivity index (χ2v) is 8.77. The molecule has 1 atom stereocenters. The fourth-order valence-electron chi connectivity index (χ4n) is 3.53. The number of amides is 1. The fraction of sp³-hybridized carbons (Fsp3) is 0.286. The van der Waals surface area contributed by atoms with Gasteiger partial charge in [0, 0.05) is 32.2 Å². The van der Waals surface area contributed by atoms with Gasteiger partial charge in [0.1, 0.15) is 11.7 Å². The van der Waals surface area contributed by atoms with E-state index in [2.05, 4.69) is 10.00 Å². The number of hydrogen-bond acceptors (Lipinski definition) is 5. The summed E-state index contributed by atoms with van der Waals surface area (Å²) in [6, 6.07) is 11.9. The molecule has 1 aliphatic rings. The number of benzene rings is 1. The van der Waals surface area contributed by atoms with Crippen molar-refractivity contribution in [1.29, 1.82) is 0 Å². The number of carbonyl (C=O) groups is 1. The maximum absolute atomic E-state index is 13.1. The van der Waals surface area contributed by atoms with Crippen LogP contribution in [0.3, 0.4) is 0 Å². The van der Waals surface area contributed by atoms with Gasteiger partial charge in [-0.25, -0.2) is 4.68 Å². The van der Waals surface area contributed by atoms with Crippen LogP contribution >= 0.6 is 34.5 Å². The lowest BCUT2D eigenvalue weighted by molar-refractivity contribution is -0.135. The molecule has 0 saturated carbocycles. The number of hydrogen-bond donors (Lipinski definition) is 0. The molecule has 0 bridgehead atoms. The molecule has 6 nitrogen and oxygen atoms in total. The van der Waals surface area contributed by atoms with Gasteiger partial charge in [-0.05, 0) is 36.6 Å². The number of anilines is 1. The Morgan fingerprint density at radius 1 is 1.07 bits per heavy atom. The van der Waals surface area contributed by atoms with E-state index in [9.17, 15) is 9.59 Å². The van der Waals surface area contributed by atoms with E-state index in [-0.39, 0.29) is 11.5 Å². The summed E-state index contributed by atoms with van der Waals surface area (Å²) < 4.78 is 1.28. The molecule has 4 rings (SSSR count). The first-order valence-corrected chi connectivity index (χ1v) is 11.2. The zero-order chi connectivity index (χ0) is 21.3. The Labute approximate surface area is 188 Å². The summed E-state index contributed by atoms with van der Waals surface area (Å²) in [4.78, 5) is 30.3. The summed E-state index contributed by atoms with van der Waals surface area (Å²) in [6.45, 7) is 4.05. The number of rotatable bonds is 4. The molecule has 0 radical (unpaired) electrons. The van der Waals surface area contributed by atoms with E-state index in [1.165, 1.54) is 10.7 Å².